The summed E-state index contributed by atoms with van der Waals surface area (Å²) in [5.74, 6) is 0. The van der Waals surface area contributed by atoms with E-state index in [1.54, 1.807) is 0 Å². The first-order chi connectivity index (χ1) is 8.60. The minimum Gasteiger partial charge on any atom is -0.351 e. The Balaban J connectivity index is 2.75. The van der Waals surface area contributed by atoms with Gasteiger partial charge in [-0.05, 0) is 50.8 Å². The summed E-state index contributed by atoms with van der Waals surface area (Å²) in [6.45, 7) is 9.38. The number of benzene rings is 1. The van der Waals surface area contributed by atoms with E-state index in [0.29, 0.717) is 13.2 Å². The zero-order chi connectivity index (χ0) is 13.5. The van der Waals surface area contributed by atoms with E-state index in [1.807, 2.05) is 13.8 Å². The standard InChI is InChI=1S/C15H25NO2/c1-5-17-15(18-6-2)14(16)10-13-11(3)8-7-9-12(13)4/h7-9,14-15H,5-6,10,16H2,1-4H3. The number of hydrogen-bond donors (Lipinski definition) is 1. The van der Waals surface area contributed by atoms with Gasteiger partial charge in [0.2, 0.25) is 0 Å². The van der Waals surface area contributed by atoms with Crippen molar-refractivity contribution in [1.82, 2.24) is 0 Å². The molecule has 3 heteroatoms. The van der Waals surface area contributed by atoms with Crippen LogP contribution >= 0.6 is 0 Å². The lowest BCUT2D eigenvalue weighted by molar-refractivity contribution is -0.148. The van der Waals surface area contributed by atoms with Gasteiger partial charge in [0.05, 0.1) is 6.04 Å². The summed E-state index contributed by atoms with van der Waals surface area (Å²) < 4.78 is 11.1. The third-order valence-electron chi connectivity index (χ3n) is 3.10. The van der Waals surface area contributed by atoms with E-state index in [0.717, 1.165) is 6.42 Å². The summed E-state index contributed by atoms with van der Waals surface area (Å²) in [5, 5.41) is 0. The van der Waals surface area contributed by atoms with Crippen LogP contribution in [0.25, 0.3) is 0 Å². The van der Waals surface area contributed by atoms with Crippen LogP contribution < -0.4 is 5.73 Å². The van der Waals surface area contributed by atoms with Crippen LogP contribution in [0.4, 0.5) is 0 Å². The van der Waals surface area contributed by atoms with E-state index >= 15 is 0 Å². The average molecular weight is 251 g/mol. The largest absolute Gasteiger partial charge is 0.351 e. The highest BCUT2D eigenvalue weighted by Crippen LogP contribution is 2.17. The molecule has 0 heterocycles. The number of aryl methyl sites for hydroxylation is 2. The van der Waals surface area contributed by atoms with Gasteiger partial charge in [-0.25, -0.2) is 0 Å². The van der Waals surface area contributed by atoms with Gasteiger partial charge in [-0.15, -0.1) is 0 Å². The Morgan fingerprint density at radius 3 is 2.00 bits per heavy atom. The molecule has 0 aliphatic carbocycles. The maximum absolute atomic E-state index is 6.21. The Morgan fingerprint density at radius 1 is 1.06 bits per heavy atom. The van der Waals surface area contributed by atoms with Crippen molar-refractivity contribution < 1.29 is 9.47 Å². The lowest BCUT2D eigenvalue weighted by Gasteiger charge is -2.24. The van der Waals surface area contributed by atoms with Gasteiger partial charge in [-0.2, -0.15) is 0 Å². The molecule has 3 nitrogen and oxygen atoms in total. The molecule has 0 bridgehead atoms. The fourth-order valence-corrected chi connectivity index (χ4v) is 2.13. The van der Waals surface area contributed by atoms with Crippen LogP contribution in [-0.4, -0.2) is 25.5 Å². The van der Waals surface area contributed by atoms with Crippen molar-refractivity contribution in [1.29, 1.82) is 0 Å². The Hall–Kier alpha value is -0.900. The summed E-state index contributed by atoms with van der Waals surface area (Å²) in [5.41, 5.74) is 10.1. The second-order valence-corrected chi connectivity index (χ2v) is 4.52. The Bertz CT molecular complexity index is 339. The van der Waals surface area contributed by atoms with Crippen LogP contribution in [-0.2, 0) is 15.9 Å². The first-order valence-corrected chi connectivity index (χ1v) is 6.64. The molecule has 0 aliphatic rings. The highest BCUT2D eigenvalue weighted by atomic mass is 16.7. The molecule has 0 saturated carbocycles. The molecule has 102 valence electrons. The van der Waals surface area contributed by atoms with Crippen molar-refractivity contribution in [3.05, 3.63) is 34.9 Å². The van der Waals surface area contributed by atoms with Crippen molar-refractivity contribution in [3.8, 4) is 0 Å². The summed E-state index contributed by atoms with van der Waals surface area (Å²) in [6, 6.07) is 6.17. The molecule has 0 fully saturated rings. The monoisotopic (exact) mass is 251 g/mol. The Morgan fingerprint density at radius 2 is 1.56 bits per heavy atom. The quantitative estimate of drug-likeness (QED) is 0.757. The predicted octanol–water partition coefficient (Wildman–Crippen LogP) is 2.57. The molecule has 1 aromatic carbocycles. The molecule has 1 aromatic rings. The zero-order valence-corrected chi connectivity index (χ0v) is 11.9. The second-order valence-electron chi connectivity index (χ2n) is 4.52. The summed E-state index contributed by atoms with van der Waals surface area (Å²) >= 11 is 0. The molecular formula is C15H25NO2. The van der Waals surface area contributed by atoms with Gasteiger partial charge >= 0.3 is 0 Å². The van der Waals surface area contributed by atoms with Crippen LogP contribution in [0.1, 0.15) is 30.5 Å². The lowest BCUT2D eigenvalue weighted by Crippen LogP contribution is -2.41. The maximum atomic E-state index is 6.21. The number of nitrogens with two attached hydrogens (primary N) is 1. The van der Waals surface area contributed by atoms with E-state index in [9.17, 15) is 0 Å². The van der Waals surface area contributed by atoms with Gasteiger partial charge in [0.1, 0.15) is 0 Å². The zero-order valence-electron chi connectivity index (χ0n) is 11.9. The normalized spacial score (nSPS) is 13.0. The average Bonchev–Trinajstić information content (AvgIpc) is 2.33. The Kier molecular flexibility index (Phi) is 6.33. The maximum Gasteiger partial charge on any atom is 0.172 e. The third kappa shape index (κ3) is 4.09. The van der Waals surface area contributed by atoms with Crippen LogP contribution in [0.5, 0.6) is 0 Å². The van der Waals surface area contributed by atoms with Crippen molar-refractivity contribution in [3.63, 3.8) is 0 Å². The van der Waals surface area contributed by atoms with Gasteiger partial charge < -0.3 is 15.2 Å². The first-order valence-electron chi connectivity index (χ1n) is 6.64. The van der Waals surface area contributed by atoms with Crippen LogP contribution in [0, 0.1) is 13.8 Å². The van der Waals surface area contributed by atoms with E-state index in [1.165, 1.54) is 16.7 Å². The molecule has 0 radical (unpaired) electrons. The molecule has 1 rings (SSSR count). The van der Waals surface area contributed by atoms with Crippen LogP contribution in [0.2, 0.25) is 0 Å². The molecule has 2 N–H and O–H groups in total. The smallest absolute Gasteiger partial charge is 0.172 e. The molecule has 0 saturated heterocycles. The summed E-state index contributed by atoms with van der Waals surface area (Å²) in [4.78, 5) is 0. The number of hydrogen-bond acceptors (Lipinski definition) is 3. The fraction of sp³-hybridized carbons (Fsp3) is 0.600. The Labute approximate surface area is 110 Å². The molecular weight excluding hydrogens is 226 g/mol. The van der Waals surface area contributed by atoms with Crippen molar-refractivity contribution in [2.45, 2.75) is 46.4 Å². The predicted molar refractivity (Wildman–Crippen MR) is 74.6 cm³/mol. The van der Waals surface area contributed by atoms with E-state index in [-0.39, 0.29) is 12.3 Å². The molecule has 0 spiro atoms. The minimum absolute atomic E-state index is 0.135. The van der Waals surface area contributed by atoms with E-state index in [2.05, 4.69) is 32.0 Å². The van der Waals surface area contributed by atoms with Crippen molar-refractivity contribution in [2.24, 2.45) is 5.73 Å². The highest BCUT2D eigenvalue weighted by Gasteiger charge is 2.20. The number of ether oxygens (including phenoxy) is 2. The van der Waals surface area contributed by atoms with E-state index < -0.39 is 0 Å². The lowest BCUT2D eigenvalue weighted by atomic mass is 9.96. The topological polar surface area (TPSA) is 44.5 Å². The second kappa shape index (κ2) is 7.52. The van der Waals surface area contributed by atoms with Gasteiger partial charge in [0, 0.05) is 13.2 Å². The third-order valence-corrected chi connectivity index (χ3v) is 3.10. The molecule has 1 atom stereocenters. The summed E-state index contributed by atoms with van der Waals surface area (Å²) in [6.07, 6.45) is 0.461. The van der Waals surface area contributed by atoms with Gasteiger partial charge in [-0.1, -0.05) is 18.2 Å². The molecule has 18 heavy (non-hydrogen) atoms. The number of rotatable bonds is 7. The van der Waals surface area contributed by atoms with Gasteiger partial charge in [0.15, 0.2) is 6.29 Å². The van der Waals surface area contributed by atoms with Crippen LogP contribution in [0.3, 0.4) is 0 Å². The molecule has 0 amide bonds. The SMILES string of the molecule is CCOC(OCC)C(N)Cc1c(C)cccc1C. The minimum atomic E-state index is -0.320. The molecule has 1 unspecified atom stereocenters. The molecule has 0 aromatic heterocycles. The van der Waals surface area contributed by atoms with E-state index in [4.69, 9.17) is 15.2 Å². The van der Waals surface area contributed by atoms with Gasteiger partial charge in [0.25, 0.3) is 0 Å². The first kappa shape index (κ1) is 15.2. The summed E-state index contributed by atoms with van der Waals surface area (Å²) in [7, 11) is 0. The van der Waals surface area contributed by atoms with Crippen LogP contribution in [0.15, 0.2) is 18.2 Å². The van der Waals surface area contributed by atoms with Crippen molar-refractivity contribution in [2.75, 3.05) is 13.2 Å². The molecule has 0 aliphatic heterocycles. The van der Waals surface area contributed by atoms with Gasteiger partial charge in [-0.3, -0.25) is 0 Å². The van der Waals surface area contributed by atoms with Crippen molar-refractivity contribution >= 4 is 0 Å². The fourth-order valence-electron chi connectivity index (χ4n) is 2.13. The highest BCUT2D eigenvalue weighted by molar-refractivity contribution is 5.34.